The molecule has 2 atom stereocenters. The summed E-state index contributed by atoms with van der Waals surface area (Å²) < 4.78 is 24.4. The molecule has 166 valence electrons. The number of hydrogen-bond acceptors (Lipinski definition) is 7. The first kappa shape index (κ1) is 20.6. The van der Waals surface area contributed by atoms with Gasteiger partial charge in [0.05, 0.1) is 10.5 Å². The molecule has 3 N–H and O–H groups in total. The Morgan fingerprint density at radius 2 is 1.94 bits per heavy atom. The van der Waals surface area contributed by atoms with Crippen molar-refractivity contribution in [2.75, 3.05) is 18.8 Å². The van der Waals surface area contributed by atoms with Crippen molar-refractivity contribution in [1.29, 1.82) is 0 Å². The van der Waals surface area contributed by atoms with E-state index in [0.717, 1.165) is 11.1 Å². The molecule has 1 aromatic rings. The Morgan fingerprint density at radius 3 is 2.65 bits per heavy atom. The van der Waals surface area contributed by atoms with Crippen molar-refractivity contribution >= 4 is 27.6 Å². The number of carbonyl (C=O) groups excluding carboxylic acids is 3. The number of benzene rings is 1. The van der Waals surface area contributed by atoms with Gasteiger partial charge in [-0.3, -0.25) is 19.7 Å². The lowest BCUT2D eigenvalue weighted by atomic mass is 9.88. The maximum absolute atomic E-state index is 13.0. The lowest BCUT2D eigenvalue weighted by Gasteiger charge is -2.51. The summed E-state index contributed by atoms with van der Waals surface area (Å²) in [5.74, 6) is -0.793. The predicted octanol–water partition coefficient (Wildman–Crippen LogP) is -0.544. The number of nitrogens with zero attached hydrogens (tertiary/aromatic N) is 1. The summed E-state index contributed by atoms with van der Waals surface area (Å²) in [5, 5.41) is 8.99. The van der Waals surface area contributed by atoms with Crippen molar-refractivity contribution in [1.82, 2.24) is 20.9 Å². The molecule has 0 radical (unpaired) electrons. The molecule has 3 saturated heterocycles. The minimum atomic E-state index is -3.09. The van der Waals surface area contributed by atoms with E-state index in [9.17, 15) is 22.8 Å². The van der Waals surface area contributed by atoms with E-state index in [4.69, 9.17) is 0 Å². The van der Waals surface area contributed by atoms with Crippen LogP contribution in [-0.2, 0) is 32.5 Å². The molecule has 10 heteroatoms. The van der Waals surface area contributed by atoms with Crippen LogP contribution in [0.5, 0.6) is 0 Å². The third-order valence-electron chi connectivity index (χ3n) is 7.31. The third-order valence-corrected chi connectivity index (χ3v) is 10.0. The van der Waals surface area contributed by atoms with Gasteiger partial charge in [0.1, 0.15) is 6.04 Å². The van der Waals surface area contributed by atoms with Crippen LogP contribution in [-0.4, -0.2) is 66.7 Å². The summed E-state index contributed by atoms with van der Waals surface area (Å²) in [5.41, 5.74) is 2.38. The molecule has 4 aliphatic heterocycles. The van der Waals surface area contributed by atoms with E-state index in [1.807, 2.05) is 12.1 Å². The van der Waals surface area contributed by atoms with E-state index in [1.165, 1.54) is 4.90 Å². The first-order chi connectivity index (χ1) is 14.8. The van der Waals surface area contributed by atoms with Gasteiger partial charge in [-0.1, -0.05) is 12.1 Å². The van der Waals surface area contributed by atoms with Crippen LogP contribution in [0.4, 0.5) is 0 Å². The number of imide groups is 1. The van der Waals surface area contributed by atoms with Crippen LogP contribution in [0, 0.1) is 0 Å². The second-order valence-corrected chi connectivity index (χ2v) is 11.2. The van der Waals surface area contributed by atoms with Crippen molar-refractivity contribution < 1.29 is 22.8 Å². The van der Waals surface area contributed by atoms with Crippen LogP contribution in [0.1, 0.15) is 47.2 Å². The largest absolute Gasteiger partial charge is 0.322 e. The molecule has 5 rings (SSSR count). The first-order valence-electron chi connectivity index (χ1n) is 10.7. The Balaban J connectivity index is 1.32. The molecule has 2 unspecified atom stereocenters. The zero-order valence-corrected chi connectivity index (χ0v) is 18.0. The van der Waals surface area contributed by atoms with Gasteiger partial charge < -0.3 is 15.5 Å². The van der Waals surface area contributed by atoms with Crippen LogP contribution in [0.15, 0.2) is 18.2 Å². The summed E-state index contributed by atoms with van der Waals surface area (Å²) in [6.45, 7) is 2.19. The number of rotatable bonds is 4. The number of nitrogens with one attached hydrogen (secondary N) is 3. The molecule has 0 aliphatic carbocycles. The number of sulfone groups is 1. The topological polar surface area (TPSA) is 125 Å². The minimum absolute atomic E-state index is 0.0983. The lowest BCUT2D eigenvalue weighted by molar-refractivity contribution is -0.136. The fraction of sp³-hybridized carbons (Fsp3) is 0.571. The van der Waals surface area contributed by atoms with Crippen LogP contribution < -0.4 is 16.0 Å². The molecule has 0 aromatic heterocycles. The monoisotopic (exact) mass is 446 g/mol. The average molecular weight is 447 g/mol. The number of amides is 3. The Kier molecular flexibility index (Phi) is 4.91. The van der Waals surface area contributed by atoms with Gasteiger partial charge in [-0.15, -0.1) is 0 Å². The molecule has 4 aliphatic rings. The highest BCUT2D eigenvalue weighted by Gasteiger charge is 2.59. The van der Waals surface area contributed by atoms with E-state index in [-0.39, 0.29) is 30.0 Å². The predicted molar refractivity (Wildman–Crippen MR) is 112 cm³/mol. The lowest BCUT2D eigenvalue weighted by Crippen LogP contribution is -2.71. The highest BCUT2D eigenvalue weighted by atomic mass is 32.2. The van der Waals surface area contributed by atoms with E-state index in [0.29, 0.717) is 51.0 Å². The van der Waals surface area contributed by atoms with Gasteiger partial charge >= 0.3 is 0 Å². The normalized spacial score (nSPS) is 28.9. The van der Waals surface area contributed by atoms with E-state index >= 15 is 0 Å². The zero-order chi connectivity index (χ0) is 21.8. The Labute approximate surface area is 180 Å². The maximum atomic E-state index is 13.0. The highest BCUT2D eigenvalue weighted by molar-refractivity contribution is 7.94. The molecule has 3 amide bonds. The van der Waals surface area contributed by atoms with Crippen LogP contribution in [0.3, 0.4) is 0 Å². The van der Waals surface area contributed by atoms with Gasteiger partial charge in [0.15, 0.2) is 9.84 Å². The van der Waals surface area contributed by atoms with Gasteiger partial charge in [0.25, 0.3) is 5.91 Å². The zero-order valence-electron chi connectivity index (χ0n) is 17.1. The molecule has 1 aromatic carbocycles. The van der Waals surface area contributed by atoms with E-state index < -0.39 is 26.5 Å². The van der Waals surface area contributed by atoms with Crippen molar-refractivity contribution in [3.63, 3.8) is 0 Å². The quantitative estimate of drug-likeness (QED) is 0.531. The van der Waals surface area contributed by atoms with Crippen LogP contribution >= 0.6 is 0 Å². The number of carbonyl (C=O) groups is 3. The maximum Gasteiger partial charge on any atom is 0.255 e. The summed E-state index contributed by atoms with van der Waals surface area (Å²) in [7, 11) is -3.09. The molecule has 3 fully saturated rings. The SMILES string of the molecule is O=C1CCC(N2Cc3c(CNC4CS(=O)(=O)C45CCNCC5)cccc3C2=O)C(=O)N1. The molecule has 0 bridgehead atoms. The van der Waals surface area contributed by atoms with Crippen LogP contribution in [0.2, 0.25) is 0 Å². The fourth-order valence-electron chi connectivity index (χ4n) is 5.46. The standard InChI is InChI=1S/C21H26N4O5S/c26-18-5-4-16(19(27)24-18)25-11-15-13(2-1-3-14(15)20(25)28)10-23-17-12-31(29,30)21(17)6-8-22-9-7-21/h1-3,16-17,22-23H,4-12H2,(H,24,26,27). The number of hydrogen-bond donors (Lipinski definition) is 3. The molecular formula is C21H26N4O5S. The smallest absolute Gasteiger partial charge is 0.255 e. The fourth-order valence-corrected chi connectivity index (χ4v) is 7.79. The molecule has 4 heterocycles. The minimum Gasteiger partial charge on any atom is -0.322 e. The van der Waals surface area contributed by atoms with Crippen molar-refractivity contribution in [2.24, 2.45) is 0 Å². The van der Waals surface area contributed by atoms with Gasteiger partial charge in [0.2, 0.25) is 11.8 Å². The van der Waals surface area contributed by atoms with E-state index in [1.54, 1.807) is 6.07 Å². The summed E-state index contributed by atoms with van der Waals surface area (Å²) in [6, 6.07) is 4.77. The second-order valence-electron chi connectivity index (χ2n) is 8.87. The molecule has 31 heavy (non-hydrogen) atoms. The van der Waals surface area contributed by atoms with Crippen LogP contribution in [0.25, 0.3) is 0 Å². The summed E-state index contributed by atoms with van der Waals surface area (Å²) in [6.07, 6.45) is 1.77. The molecule has 0 saturated carbocycles. The summed E-state index contributed by atoms with van der Waals surface area (Å²) >= 11 is 0. The van der Waals surface area contributed by atoms with Crippen molar-refractivity contribution in [3.05, 3.63) is 34.9 Å². The molecular weight excluding hydrogens is 420 g/mol. The first-order valence-corrected chi connectivity index (χ1v) is 12.4. The Hall–Kier alpha value is -2.30. The summed E-state index contributed by atoms with van der Waals surface area (Å²) in [4.78, 5) is 38.2. The average Bonchev–Trinajstić information content (AvgIpc) is 3.09. The molecule has 1 spiro atoms. The Bertz CT molecular complexity index is 1060. The van der Waals surface area contributed by atoms with Gasteiger partial charge in [-0.25, -0.2) is 8.42 Å². The van der Waals surface area contributed by atoms with Gasteiger partial charge in [-0.2, -0.15) is 0 Å². The van der Waals surface area contributed by atoms with Crippen molar-refractivity contribution in [2.45, 2.75) is 55.6 Å². The number of fused-ring (bicyclic) bond motifs is 1. The van der Waals surface area contributed by atoms with Gasteiger partial charge in [-0.05, 0) is 49.5 Å². The molecule has 9 nitrogen and oxygen atoms in total. The van der Waals surface area contributed by atoms with Crippen molar-refractivity contribution in [3.8, 4) is 0 Å². The van der Waals surface area contributed by atoms with Gasteiger partial charge in [0, 0.05) is 31.1 Å². The Morgan fingerprint density at radius 1 is 1.16 bits per heavy atom. The second kappa shape index (κ2) is 7.39. The third kappa shape index (κ3) is 3.19. The number of piperidine rings is 2. The highest BCUT2D eigenvalue weighted by Crippen LogP contribution is 2.42. The van der Waals surface area contributed by atoms with E-state index in [2.05, 4.69) is 16.0 Å².